The van der Waals surface area contributed by atoms with Crippen molar-refractivity contribution in [2.45, 2.75) is 43.9 Å². The molecule has 0 bridgehead atoms. The summed E-state index contributed by atoms with van der Waals surface area (Å²) in [5.41, 5.74) is 2.29. The van der Waals surface area contributed by atoms with E-state index >= 15 is 0 Å². The van der Waals surface area contributed by atoms with Crippen molar-refractivity contribution in [1.82, 2.24) is 0 Å². The number of carbonyl (C=O) groups is 1. The second-order valence-corrected chi connectivity index (χ2v) is 7.79. The van der Waals surface area contributed by atoms with Crippen LogP contribution in [0.25, 0.3) is 0 Å². The number of carbonyl (C=O) groups excluding carboxylic acids is 1. The summed E-state index contributed by atoms with van der Waals surface area (Å²) in [6.45, 7) is 2.18. The number of amides is 1. The lowest BCUT2D eigenvalue weighted by atomic mass is 9.78. The van der Waals surface area contributed by atoms with Gasteiger partial charge in [0.05, 0.1) is 10.3 Å². The number of hydrogen-bond acceptors (Lipinski definition) is 4. The molecule has 2 aliphatic rings. The Morgan fingerprint density at radius 3 is 2.11 bits per heavy atom. The minimum atomic E-state index is -0.608. The third-order valence-corrected chi connectivity index (χ3v) is 6.12. The molecule has 1 saturated carbocycles. The lowest BCUT2D eigenvalue weighted by Crippen LogP contribution is -2.38. The zero-order chi connectivity index (χ0) is 19.6. The summed E-state index contributed by atoms with van der Waals surface area (Å²) >= 11 is 0. The smallest absolute Gasteiger partial charge is 0.269 e. The maximum Gasteiger partial charge on any atom is 0.269 e. The van der Waals surface area contributed by atoms with E-state index in [4.69, 9.17) is 0 Å². The normalized spacial score (nSPS) is 18.2. The van der Waals surface area contributed by atoms with Crippen LogP contribution in [0.4, 0.5) is 17.1 Å². The molecule has 1 N–H and O–H groups in total. The van der Waals surface area contributed by atoms with Crippen molar-refractivity contribution in [1.29, 1.82) is 0 Å². The van der Waals surface area contributed by atoms with Crippen LogP contribution in [0.3, 0.4) is 0 Å². The number of nitrogens with zero attached hydrogens (tertiary/aromatic N) is 2. The number of benzene rings is 2. The van der Waals surface area contributed by atoms with Crippen LogP contribution >= 0.6 is 0 Å². The topological polar surface area (TPSA) is 75.5 Å². The molecule has 2 aromatic carbocycles. The summed E-state index contributed by atoms with van der Waals surface area (Å²) in [7, 11) is 0. The van der Waals surface area contributed by atoms with Crippen LogP contribution in [0.5, 0.6) is 0 Å². The van der Waals surface area contributed by atoms with Crippen molar-refractivity contribution in [2.75, 3.05) is 23.3 Å². The Bertz CT molecular complexity index is 850. The van der Waals surface area contributed by atoms with Crippen molar-refractivity contribution in [3.63, 3.8) is 0 Å². The monoisotopic (exact) mass is 379 g/mol. The molecule has 0 unspecified atom stereocenters. The summed E-state index contributed by atoms with van der Waals surface area (Å²) in [5.74, 6) is -0.0206. The van der Waals surface area contributed by atoms with Gasteiger partial charge in [0.2, 0.25) is 5.91 Å². The Kier molecular flexibility index (Phi) is 5.03. The predicted octanol–water partition coefficient (Wildman–Crippen LogP) is 4.65. The van der Waals surface area contributed by atoms with Crippen LogP contribution in [-0.4, -0.2) is 23.9 Å². The molecule has 1 amide bonds. The molecule has 2 aromatic rings. The molecule has 1 heterocycles. The van der Waals surface area contributed by atoms with E-state index in [0.717, 1.165) is 50.0 Å². The number of nitro benzene ring substituents is 1. The summed E-state index contributed by atoms with van der Waals surface area (Å²) in [4.78, 5) is 26.1. The Hall–Kier alpha value is -2.89. The molecule has 2 fully saturated rings. The zero-order valence-electron chi connectivity index (χ0n) is 15.9. The Morgan fingerprint density at radius 1 is 0.929 bits per heavy atom. The van der Waals surface area contributed by atoms with Gasteiger partial charge in [-0.25, -0.2) is 0 Å². The first-order chi connectivity index (χ1) is 13.6. The van der Waals surface area contributed by atoms with Gasteiger partial charge in [-0.2, -0.15) is 0 Å². The van der Waals surface area contributed by atoms with Gasteiger partial charge >= 0.3 is 0 Å². The molecule has 146 valence electrons. The summed E-state index contributed by atoms with van der Waals surface area (Å²) in [6.07, 6.45) is 5.97. The molecule has 1 saturated heterocycles. The molecule has 0 aromatic heterocycles. The van der Waals surface area contributed by atoms with E-state index in [0.29, 0.717) is 0 Å². The Morgan fingerprint density at radius 2 is 1.54 bits per heavy atom. The Balaban J connectivity index is 1.53. The molecule has 1 aliphatic heterocycles. The summed E-state index contributed by atoms with van der Waals surface area (Å²) in [5, 5.41) is 14.0. The van der Waals surface area contributed by atoms with Gasteiger partial charge in [-0.15, -0.1) is 0 Å². The first-order valence-electron chi connectivity index (χ1n) is 10.00. The van der Waals surface area contributed by atoms with Crippen molar-refractivity contribution >= 4 is 23.0 Å². The second-order valence-electron chi connectivity index (χ2n) is 7.79. The fourth-order valence-corrected chi connectivity index (χ4v) is 4.51. The van der Waals surface area contributed by atoms with Crippen molar-refractivity contribution < 1.29 is 9.72 Å². The lowest BCUT2D eigenvalue weighted by molar-refractivity contribution is -0.384. The average Bonchev–Trinajstić information content (AvgIpc) is 3.41. The standard InChI is InChI=1S/C22H25N3O3/c26-21(23-18-7-11-19(12-8-18)24-15-3-4-16-24)22(13-1-2-14-22)17-5-9-20(10-6-17)25(27)28/h5-12H,1-4,13-16H2,(H,23,26). The predicted molar refractivity (Wildman–Crippen MR) is 110 cm³/mol. The molecule has 0 radical (unpaired) electrons. The largest absolute Gasteiger partial charge is 0.372 e. The fourth-order valence-electron chi connectivity index (χ4n) is 4.51. The van der Waals surface area contributed by atoms with Crippen molar-refractivity contribution in [3.05, 3.63) is 64.2 Å². The molecule has 0 atom stereocenters. The van der Waals surface area contributed by atoms with Crippen LogP contribution in [0.2, 0.25) is 0 Å². The number of anilines is 2. The minimum Gasteiger partial charge on any atom is -0.372 e. The van der Waals surface area contributed by atoms with Gasteiger partial charge in [-0.3, -0.25) is 14.9 Å². The van der Waals surface area contributed by atoms with E-state index in [9.17, 15) is 14.9 Å². The van der Waals surface area contributed by atoms with Crippen LogP contribution in [-0.2, 0) is 10.2 Å². The van der Waals surface area contributed by atoms with E-state index in [2.05, 4.69) is 22.3 Å². The molecule has 6 heteroatoms. The third kappa shape index (κ3) is 3.46. The van der Waals surface area contributed by atoms with E-state index in [1.807, 2.05) is 12.1 Å². The molecular weight excluding hydrogens is 354 g/mol. The molecule has 28 heavy (non-hydrogen) atoms. The quantitative estimate of drug-likeness (QED) is 0.606. The van der Waals surface area contributed by atoms with Gasteiger partial charge in [0.1, 0.15) is 0 Å². The molecular formula is C22H25N3O3. The van der Waals surface area contributed by atoms with Gasteiger partial charge in [-0.05, 0) is 55.5 Å². The second kappa shape index (κ2) is 7.62. The number of nitro groups is 1. The van der Waals surface area contributed by atoms with Gasteiger partial charge in [-0.1, -0.05) is 25.0 Å². The van der Waals surface area contributed by atoms with E-state index in [-0.39, 0.29) is 11.6 Å². The fraction of sp³-hybridized carbons (Fsp3) is 0.409. The summed E-state index contributed by atoms with van der Waals surface area (Å²) in [6, 6.07) is 14.5. The first-order valence-corrected chi connectivity index (χ1v) is 10.00. The SMILES string of the molecule is O=C(Nc1ccc(N2CCCC2)cc1)C1(c2ccc([N+](=O)[O-])cc2)CCCC1. The highest BCUT2D eigenvalue weighted by Crippen LogP contribution is 2.42. The molecule has 0 spiro atoms. The first kappa shape index (κ1) is 18.5. The molecule has 1 aliphatic carbocycles. The van der Waals surface area contributed by atoms with Gasteiger partial charge < -0.3 is 10.2 Å². The average molecular weight is 379 g/mol. The summed E-state index contributed by atoms with van der Waals surface area (Å²) < 4.78 is 0. The van der Waals surface area contributed by atoms with Crippen molar-refractivity contribution in [2.24, 2.45) is 0 Å². The minimum absolute atomic E-state index is 0.0206. The highest BCUT2D eigenvalue weighted by Gasteiger charge is 2.42. The highest BCUT2D eigenvalue weighted by atomic mass is 16.6. The van der Waals surface area contributed by atoms with E-state index in [1.54, 1.807) is 12.1 Å². The van der Waals surface area contributed by atoms with E-state index in [1.165, 1.54) is 30.7 Å². The highest BCUT2D eigenvalue weighted by molar-refractivity contribution is 5.99. The van der Waals surface area contributed by atoms with Gasteiger partial charge in [0, 0.05) is 36.6 Å². The van der Waals surface area contributed by atoms with Gasteiger partial charge in [0.25, 0.3) is 5.69 Å². The van der Waals surface area contributed by atoms with Crippen LogP contribution in [0, 0.1) is 10.1 Å². The Labute approximate surface area is 164 Å². The number of nitrogens with one attached hydrogen (secondary N) is 1. The molecule has 6 nitrogen and oxygen atoms in total. The maximum absolute atomic E-state index is 13.2. The number of rotatable bonds is 5. The number of hydrogen-bond donors (Lipinski definition) is 1. The van der Waals surface area contributed by atoms with Crippen LogP contribution in [0.1, 0.15) is 44.1 Å². The van der Waals surface area contributed by atoms with Crippen LogP contribution < -0.4 is 10.2 Å². The van der Waals surface area contributed by atoms with Gasteiger partial charge in [0.15, 0.2) is 0 Å². The zero-order valence-corrected chi connectivity index (χ0v) is 15.9. The van der Waals surface area contributed by atoms with Crippen molar-refractivity contribution in [3.8, 4) is 0 Å². The molecule has 4 rings (SSSR count). The van der Waals surface area contributed by atoms with Crippen LogP contribution in [0.15, 0.2) is 48.5 Å². The number of non-ortho nitro benzene ring substituents is 1. The maximum atomic E-state index is 13.2. The third-order valence-electron chi connectivity index (χ3n) is 6.12. The lowest BCUT2D eigenvalue weighted by Gasteiger charge is -2.28. The van der Waals surface area contributed by atoms with E-state index < -0.39 is 10.3 Å².